The van der Waals surface area contributed by atoms with Crippen LogP contribution >= 0.6 is 0 Å². The van der Waals surface area contributed by atoms with Crippen molar-refractivity contribution >= 4 is 17.2 Å². The molecule has 0 bridgehead atoms. The monoisotopic (exact) mass is 371 g/mol. The first-order valence-electron chi connectivity index (χ1n) is 9.10. The van der Waals surface area contributed by atoms with Gasteiger partial charge in [-0.15, -0.1) is 0 Å². The maximum Gasteiger partial charge on any atom is 0.228 e. The molecular weight excluding hydrogens is 350 g/mol. The number of carbonyl (C=O) groups is 1. The molecule has 4 rings (SSSR count). The second-order valence-electron chi connectivity index (χ2n) is 6.66. The normalized spacial score (nSPS) is 10.8. The highest BCUT2D eigenvalue weighted by atomic mass is 16.5. The van der Waals surface area contributed by atoms with Gasteiger partial charge in [-0.3, -0.25) is 4.79 Å². The van der Waals surface area contributed by atoms with Gasteiger partial charge in [0.2, 0.25) is 5.91 Å². The molecule has 0 aliphatic rings. The largest absolute Gasteiger partial charge is 0.496 e. The van der Waals surface area contributed by atoms with Crippen molar-refractivity contribution in [1.29, 1.82) is 0 Å². The van der Waals surface area contributed by atoms with E-state index in [1.807, 2.05) is 84.4 Å². The molecule has 0 saturated carbocycles. The number of carbonyl (C=O) groups excluding carboxylic acids is 1. The average Bonchev–Trinajstić information content (AvgIpc) is 3.14. The van der Waals surface area contributed by atoms with E-state index in [9.17, 15) is 4.79 Å². The molecule has 0 saturated heterocycles. The van der Waals surface area contributed by atoms with Gasteiger partial charge in [-0.25, -0.2) is 4.98 Å². The Morgan fingerprint density at radius 2 is 1.93 bits per heavy atom. The third-order valence-corrected chi connectivity index (χ3v) is 4.71. The first-order chi connectivity index (χ1) is 13.6. The number of aryl methyl sites for hydroxylation is 1. The number of nitrogens with one attached hydrogen (secondary N) is 1. The molecule has 0 radical (unpaired) electrons. The van der Waals surface area contributed by atoms with Gasteiger partial charge in [0.15, 0.2) is 0 Å². The summed E-state index contributed by atoms with van der Waals surface area (Å²) < 4.78 is 7.32. The summed E-state index contributed by atoms with van der Waals surface area (Å²) in [6.07, 6.45) is 4.21. The lowest BCUT2D eigenvalue weighted by molar-refractivity contribution is -0.115. The van der Waals surface area contributed by atoms with Gasteiger partial charge in [-0.2, -0.15) is 0 Å². The van der Waals surface area contributed by atoms with Gasteiger partial charge in [-0.1, -0.05) is 36.4 Å². The Bertz CT molecular complexity index is 1110. The molecule has 0 spiro atoms. The lowest BCUT2D eigenvalue weighted by Gasteiger charge is -2.11. The van der Waals surface area contributed by atoms with Crippen LogP contribution in [0.3, 0.4) is 0 Å². The lowest BCUT2D eigenvalue weighted by atomic mass is 10.1. The second-order valence-corrected chi connectivity index (χ2v) is 6.66. The lowest BCUT2D eigenvalue weighted by Crippen LogP contribution is -2.15. The standard InChI is InChI=1S/C23H21N3O2/c1-16-10-11-17(20-15-26-12-6-5-9-22(26)24-20)13-19(16)25-23(27)14-18-7-3-4-8-21(18)28-2/h3-13,15H,14H2,1-2H3,(H,25,27). The number of aromatic nitrogens is 2. The molecule has 28 heavy (non-hydrogen) atoms. The number of rotatable bonds is 5. The van der Waals surface area contributed by atoms with E-state index < -0.39 is 0 Å². The number of ether oxygens (including phenoxy) is 1. The molecule has 0 aliphatic heterocycles. The number of methoxy groups -OCH3 is 1. The van der Waals surface area contributed by atoms with Crippen molar-refractivity contribution in [2.24, 2.45) is 0 Å². The number of hydrogen-bond acceptors (Lipinski definition) is 3. The molecule has 5 nitrogen and oxygen atoms in total. The SMILES string of the molecule is COc1ccccc1CC(=O)Nc1cc(-c2cn3ccccc3n2)ccc1C. The van der Waals surface area contributed by atoms with E-state index in [1.54, 1.807) is 7.11 Å². The number of para-hydroxylation sites is 1. The number of anilines is 1. The van der Waals surface area contributed by atoms with Gasteiger partial charge >= 0.3 is 0 Å². The fourth-order valence-corrected chi connectivity index (χ4v) is 3.21. The van der Waals surface area contributed by atoms with Gasteiger partial charge in [0.25, 0.3) is 0 Å². The average molecular weight is 371 g/mol. The first kappa shape index (κ1) is 17.8. The molecule has 140 valence electrons. The Labute approximate surface area is 163 Å². The molecule has 2 heterocycles. The zero-order chi connectivity index (χ0) is 19.5. The van der Waals surface area contributed by atoms with Crippen LogP contribution in [0.2, 0.25) is 0 Å². The topological polar surface area (TPSA) is 55.6 Å². The van der Waals surface area contributed by atoms with Crippen LogP contribution in [0, 0.1) is 6.92 Å². The van der Waals surface area contributed by atoms with E-state index in [-0.39, 0.29) is 12.3 Å². The molecule has 2 aromatic carbocycles. The molecule has 2 aromatic heterocycles. The predicted octanol–water partition coefficient (Wildman–Crippen LogP) is 4.50. The van der Waals surface area contributed by atoms with Crippen molar-refractivity contribution in [1.82, 2.24) is 9.38 Å². The predicted molar refractivity (Wildman–Crippen MR) is 111 cm³/mol. The van der Waals surface area contributed by atoms with Crippen LogP contribution < -0.4 is 10.1 Å². The highest BCUT2D eigenvalue weighted by molar-refractivity contribution is 5.94. The Balaban J connectivity index is 1.58. The van der Waals surface area contributed by atoms with E-state index in [0.29, 0.717) is 5.75 Å². The number of benzene rings is 2. The minimum absolute atomic E-state index is 0.0836. The minimum atomic E-state index is -0.0836. The maximum atomic E-state index is 12.6. The molecule has 0 fully saturated rings. The van der Waals surface area contributed by atoms with Crippen LogP contribution in [-0.2, 0) is 11.2 Å². The number of imidazole rings is 1. The first-order valence-corrected chi connectivity index (χ1v) is 9.10. The molecule has 0 aliphatic carbocycles. The van der Waals surface area contributed by atoms with Gasteiger partial charge in [-0.05, 0) is 36.8 Å². The molecular formula is C23H21N3O2. The zero-order valence-corrected chi connectivity index (χ0v) is 15.8. The summed E-state index contributed by atoms with van der Waals surface area (Å²) in [4.78, 5) is 17.3. The summed E-state index contributed by atoms with van der Waals surface area (Å²) in [7, 11) is 1.61. The van der Waals surface area contributed by atoms with Crippen LogP contribution in [0.15, 0.2) is 73.1 Å². The summed E-state index contributed by atoms with van der Waals surface area (Å²) in [5.41, 5.74) is 5.36. The zero-order valence-electron chi connectivity index (χ0n) is 15.8. The van der Waals surface area contributed by atoms with Crippen LogP contribution in [0.4, 0.5) is 5.69 Å². The van der Waals surface area contributed by atoms with Crippen molar-refractivity contribution < 1.29 is 9.53 Å². The van der Waals surface area contributed by atoms with E-state index in [1.165, 1.54) is 0 Å². The summed E-state index contributed by atoms with van der Waals surface area (Å²) in [6.45, 7) is 1.98. The fourth-order valence-electron chi connectivity index (χ4n) is 3.21. The highest BCUT2D eigenvalue weighted by Crippen LogP contribution is 2.26. The Kier molecular flexibility index (Phi) is 4.81. The van der Waals surface area contributed by atoms with E-state index >= 15 is 0 Å². The number of hydrogen-bond donors (Lipinski definition) is 1. The second kappa shape index (κ2) is 7.56. The molecule has 5 heteroatoms. The summed E-state index contributed by atoms with van der Waals surface area (Å²) in [5.74, 6) is 0.632. The van der Waals surface area contributed by atoms with Crippen LogP contribution in [0.1, 0.15) is 11.1 Å². The molecule has 1 amide bonds. The van der Waals surface area contributed by atoms with E-state index in [0.717, 1.165) is 33.7 Å². The molecule has 4 aromatic rings. The minimum Gasteiger partial charge on any atom is -0.496 e. The maximum absolute atomic E-state index is 12.6. The summed E-state index contributed by atoms with van der Waals surface area (Å²) in [5, 5.41) is 3.02. The molecule has 0 atom stereocenters. The van der Waals surface area contributed by atoms with Crippen LogP contribution in [0.5, 0.6) is 5.75 Å². The van der Waals surface area contributed by atoms with E-state index in [2.05, 4.69) is 10.3 Å². The quantitative estimate of drug-likeness (QED) is 0.562. The smallest absolute Gasteiger partial charge is 0.228 e. The van der Waals surface area contributed by atoms with Crippen molar-refractivity contribution in [2.75, 3.05) is 12.4 Å². The van der Waals surface area contributed by atoms with Gasteiger partial charge in [0, 0.05) is 29.2 Å². The van der Waals surface area contributed by atoms with Gasteiger partial charge < -0.3 is 14.5 Å². The van der Waals surface area contributed by atoms with Gasteiger partial charge in [0.1, 0.15) is 11.4 Å². The molecule has 1 N–H and O–H groups in total. The van der Waals surface area contributed by atoms with Crippen molar-refractivity contribution in [2.45, 2.75) is 13.3 Å². The number of fused-ring (bicyclic) bond motifs is 1. The summed E-state index contributed by atoms with van der Waals surface area (Å²) in [6, 6.07) is 19.4. The van der Waals surface area contributed by atoms with Crippen molar-refractivity contribution in [3.05, 3.63) is 84.2 Å². The Hall–Kier alpha value is -3.60. The molecule has 0 unspecified atom stereocenters. The number of amides is 1. The number of nitrogens with zero attached hydrogens (tertiary/aromatic N) is 2. The number of pyridine rings is 1. The van der Waals surface area contributed by atoms with Crippen molar-refractivity contribution in [3.8, 4) is 17.0 Å². The van der Waals surface area contributed by atoms with Crippen LogP contribution in [-0.4, -0.2) is 22.4 Å². The Morgan fingerprint density at radius 3 is 2.75 bits per heavy atom. The van der Waals surface area contributed by atoms with Crippen molar-refractivity contribution in [3.63, 3.8) is 0 Å². The van der Waals surface area contributed by atoms with E-state index in [4.69, 9.17) is 4.74 Å². The summed E-state index contributed by atoms with van der Waals surface area (Å²) >= 11 is 0. The third kappa shape index (κ3) is 3.60. The van der Waals surface area contributed by atoms with Crippen LogP contribution in [0.25, 0.3) is 16.9 Å². The Morgan fingerprint density at radius 1 is 1.11 bits per heavy atom. The highest BCUT2D eigenvalue weighted by Gasteiger charge is 2.12. The third-order valence-electron chi connectivity index (χ3n) is 4.71. The van der Waals surface area contributed by atoms with Gasteiger partial charge in [0.05, 0.1) is 19.2 Å². The fraction of sp³-hybridized carbons (Fsp3) is 0.130.